The molecule has 0 aliphatic carbocycles. The number of hydrogen-bond donors (Lipinski definition) is 0. The van der Waals surface area contributed by atoms with Gasteiger partial charge in [-0.2, -0.15) is 47.9 Å². The highest BCUT2D eigenvalue weighted by Crippen LogP contribution is 2.60. The lowest BCUT2D eigenvalue weighted by molar-refractivity contribution is -0.382. The van der Waals surface area contributed by atoms with Crippen LogP contribution in [0.4, 0.5) is 39.5 Å². The van der Waals surface area contributed by atoms with Crippen LogP contribution >= 0.6 is 10.3 Å². The monoisotopic (exact) mass is 486 g/mol. The summed E-state index contributed by atoms with van der Waals surface area (Å²) in [5, 5.41) is -6.91. The van der Waals surface area contributed by atoms with Crippen LogP contribution in [0.3, 0.4) is 0 Å². The van der Waals surface area contributed by atoms with Gasteiger partial charge in [-0.3, -0.25) is 4.79 Å². The number of carbonyl (C=O) groups excluding carboxylic acids is 1. The Labute approximate surface area is 162 Å². The largest absolute Gasteiger partial charge is 0.460 e. The molecule has 0 aromatic heterocycles. The first-order valence-electron chi connectivity index (χ1n) is 8.19. The fraction of sp³-hybridized carbons (Fsp3) is 0.929. The Balaban J connectivity index is 3.37. The molecule has 0 unspecified atom stereocenters. The Morgan fingerprint density at radius 1 is 0.897 bits per heavy atom. The van der Waals surface area contributed by atoms with E-state index < -0.39 is 61.2 Å². The molecule has 1 fully saturated rings. The van der Waals surface area contributed by atoms with Crippen LogP contribution in [0.15, 0.2) is 0 Å². The number of alkyl halides is 9. The van der Waals surface area contributed by atoms with Crippen LogP contribution in [0.25, 0.3) is 0 Å². The SMILES string of the molecule is CC(C)C(=O)CS1(OS(=O)(=O)C(F)(F)C(F)(F)C(F)(F)C(F)(F)F)CCCCC1. The maximum atomic E-state index is 13.9. The van der Waals surface area contributed by atoms with Gasteiger partial charge in [0.2, 0.25) is 0 Å². The second kappa shape index (κ2) is 8.09. The van der Waals surface area contributed by atoms with E-state index in [4.69, 9.17) is 0 Å². The maximum Gasteiger partial charge on any atom is 0.460 e. The third-order valence-electron chi connectivity index (χ3n) is 4.25. The Morgan fingerprint density at radius 2 is 1.34 bits per heavy atom. The molecule has 0 saturated carbocycles. The van der Waals surface area contributed by atoms with Crippen LogP contribution in [-0.4, -0.2) is 54.7 Å². The maximum absolute atomic E-state index is 13.9. The van der Waals surface area contributed by atoms with Crippen molar-refractivity contribution < 1.29 is 56.4 Å². The predicted molar refractivity (Wildman–Crippen MR) is 86.8 cm³/mol. The molecule has 1 saturated heterocycles. The number of rotatable bonds is 8. The normalized spacial score (nSPS) is 20.6. The molecule has 1 rings (SSSR count). The van der Waals surface area contributed by atoms with Crippen LogP contribution in [0, 0.1) is 5.92 Å². The van der Waals surface area contributed by atoms with Crippen LogP contribution in [0.1, 0.15) is 33.1 Å². The van der Waals surface area contributed by atoms with Gasteiger partial charge in [-0.15, -0.1) is 10.3 Å². The number of halogens is 9. The molecular weight excluding hydrogens is 467 g/mol. The summed E-state index contributed by atoms with van der Waals surface area (Å²) in [7, 11) is -10.3. The van der Waals surface area contributed by atoms with Gasteiger partial charge in [-0.25, -0.2) is 3.63 Å². The molecular formula is C14H19F9O4S2. The second-order valence-electron chi connectivity index (χ2n) is 6.89. The van der Waals surface area contributed by atoms with Gasteiger partial charge in [0.05, 0.1) is 5.75 Å². The molecule has 0 spiro atoms. The summed E-state index contributed by atoms with van der Waals surface area (Å²) in [5.74, 6) is -17.3. The van der Waals surface area contributed by atoms with Crippen molar-refractivity contribution in [2.45, 2.75) is 56.4 Å². The van der Waals surface area contributed by atoms with E-state index in [1.165, 1.54) is 13.8 Å². The molecule has 1 heterocycles. The standard InChI is InChI=1S/C14H19F9O4S2/c1-9(2)10(24)8-28(6-4-3-5-7-28)27-29(25,26)14(22,23)12(17,18)11(15,16)13(19,20)21/h9H,3-8H2,1-2H3. The minimum Gasteiger partial charge on any atom is -0.298 e. The first kappa shape index (κ1) is 26.3. The van der Waals surface area contributed by atoms with Gasteiger partial charge in [-0.05, 0) is 12.8 Å². The molecule has 0 aromatic carbocycles. The second-order valence-corrected chi connectivity index (χ2v) is 11.9. The third kappa shape index (κ3) is 4.81. The van der Waals surface area contributed by atoms with E-state index in [2.05, 4.69) is 3.63 Å². The molecule has 0 amide bonds. The summed E-state index contributed by atoms with van der Waals surface area (Å²) in [5.41, 5.74) is 0. The molecule has 0 radical (unpaired) electrons. The van der Waals surface area contributed by atoms with E-state index in [0.717, 1.165) is 0 Å². The first-order chi connectivity index (χ1) is 12.7. The number of carbonyl (C=O) groups is 1. The average Bonchev–Trinajstić information content (AvgIpc) is 2.53. The van der Waals surface area contributed by atoms with Crippen molar-refractivity contribution in [3.05, 3.63) is 0 Å². The Hall–Kier alpha value is -0.700. The summed E-state index contributed by atoms with van der Waals surface area (Å²) >= 11 is 0. The van der Waals surface area contributed by atoms with Crippen LogP contribution in [-0.2, 0) is 18.5 Å². The summed E-state index contributed by atoms with van der Waals surface area (Å²) in [6.07, 6.45) is -6.32. The number of hydrogen-bond acceptors (Lipinski definition) is 4. The van der Waals surface area contributed by atoms with Crippen LogP contribution < -0.4 is 0 Å². The molecule has 1 aliphatic rings. The van der Waals surface area contributed by atoms with E-state index >= 15 is 0 Å². The van der Waals surface area contributed by atoms with Gasteiger partial charge in [0.25, 0.3) is 0 Å². The van der Waals surface area contributed by atoms with Gasteiger partial charge >= 0.3 is 33.4 Å². The molecule has 0 atom stereocenters. The third-order valence-corrected chi connectivity index (χ3v) is 9.88. The van der Waals surface area contributed by atoms with Crippen molar-refractivity contribution in [3.63, 3.8) is 0 Å². The molecule has 15 heteroatoms. The van der Waals surface area contributed by atoms with Crippen molar-refractivity contribution in [3.8, 4) is 0 Å². The zero-order valence-electron chi connectivity index (χ0n) is 15.2. The summed E-state index contributed by atoms with van der Waals surface area (Å²) in [6, 6.07) is 0. The van der Waals surface area contributed by atoms with Crippen LogP contribution in [0.5, 0.6) is 0 Å². The predicted octanol–water partition coefficient (Wildman–Crippen LogP) is 4.89. The first-order valence-corrected chi connectivity index (χ1v) is 11.7. The highest BCUT2D eigenvalue weighted by atomic mass is 32.3. The number of Topliss-reactive ketones (excluding diaryl/α,β-unsaturated/α-hetero) is 1. The Kier molecular flexibility index (Phi) is 7.35. The zero-order chi connectivity index (χ0) is 23.1. The molecule has 4 nitrogen and oxygen atoms in total. The zero-order valence-corrected chi connectivity index (χ0v) is 16.8. The van der Waals surface area contributed by atoms with Crippen molar-refractivity contribution in [2.75, 3.05) is 17.3 Å². The molecule has 174 valence electrons. The quantitative estimate of drug-likeness (QED) is 0.459. The Bertz CT molecular complexity index is 711. The minimum atomic E-state index is -7.36. The highest BCUT2D eigenvalue weighted by molar-refractivity contribution is 8.33. The van der Waals surface area contributed by atoms with E-state index in [0.29, 0.717) is 6.42 Å². The fourth-order valence-electron chi connectivity index (χ4n) is 2.42. The van der Waals surface area contributed by atoms with E-state index in [-0.39, 0.29) is 24.3 Å². The molecule has 1 aliphatic heterocycles. The van der Waals surface area contributed by atoms with Crippen molar-refractivity contribution in [1.82, 2.24) is 0 Å². The lowest BCUT2D eigenvalue weighted by Crippen LogP contribution is -2.63. The van der Waals surface area contributed by atoms with Gasteiger partial charge in [0.1, 0.15) is 5.78 Å². The molecule has 0 aromatic rings. The molecule has 0 N–H and O–H groups in total. The summed E-state index contributed by atoms with van der Waals surface area (Å²) < 4.78 is 145. The van der Waals surface area contributed by atoms with Gasteiger partial charge in [0, 0.05) is 17.4 Å². The summed E-state index contributed by atoms with van der Waals surface area (Å²) in [4.78, 5) is 12.0. The fourth-order valence-corrected chi connectivity index (χ4v) is 8.27. The smallest absolute Gasteiger partial charge is 0.298 e. The van der Waals surface area contributed by atoms with Gasteiger partial charge in [0.15, 0.2) is 0 Å². The average molecular weight is 486 g/mol. The number of ketones is 1. The topological polar surface area (TPSA) is 60.4 Å². The van der Waals surface area contributed by atoms with Crippen molar-refractivity contribution in [2.24, 2.45) is 5.92 Å². The molecule has 29 heavy (non-hydrogen) atoms. The lowest BCUT2D eigenvalue weighted by Gasteiger charge is -2.42. The van der Waals surface area contributed by atoms with Gasteiger partial charge in [-0.1, -0.05) is 20.3 Å². The lowest BCUT2D eigenvalue weighted by atomic mass is 10.1. The van der Waals surface area contributed by atoms with Crippen molar-refractivity contribution >= 4 is 26.2 Å². The van der Waals surface area contributed by atoms with Gasteiger partial charge < -0.3 is 0 Å². The van der Waals surface area contributed by atoms with Crippen molar-refractivity contribution in [1.29, 1.82) is 0 Å². The highest BCUT2D eigenvalue weighted by Gasteiger charge is 2.86. The molecule has 0 bridgehead atoms. The minimum absolute atomic E-state index is 0.177. The van der Waals surface area contributed by atoms with Crippen LogP contribution in [0.2, 0.25) is 0 Å². The Morgan fingerprint density at radius 3 is 1.72 bits per heavy atom. The van der Waals surface area contributed by atoms with E-state index in [1.807, 2.05) is 0 Å². The summed E-state index contributed by atoms with van der Waals surface area (Å²) in [6.45, 7) is 2.78. The van der Waals surface area contributed by atoms with E-state index in [1.54, 1.807) is 0 Å². The van der Waals surface area contributed by atoms with E-state index in [9.17, 15) is 52.7 Å².